The molecule has 0 aliphatic rings. The molecule has 4 heteroatoms. The average Bonchev–Trinajstić information content (AvgIpc) is 2.86. The molecule has 3 rings (SSSR count). The van der Waals surface area contributed by atoms with Crippen molar-refractivity contribution in [3.05, 3.63) is 87.3 Å². The Kier molecular flexibility index (Phi) is 4.56. The summed E-state index contributed by atoms with van der Waals surface area (Å²) in [5.74, 6) is 0. The fourth-order valence-corrected chi connectivity index (χ4v) is 3.21. The summed E-state index contributed by atoms with van der Waals surface area (Å²) in [6, 6.07) is 16.8. The molecule has 0 spiro atoms. The van der Waals surface area contributed by atoms with Crippen LogP contribution in [-0.2, 0) is 13.1 Å². The topological polar surface area (TPSA) is 8.81 Å². The van der Waals surface area contributed by atoms with E-state index in [1.165, 1.54) is 11.1 Å². The highest BCUT2D eigenvalue weighted by atomic mass is 79.9. The first kappa shape index (κ1) is 14.5. The van der Waals surface area contributed by atoms with Gasteiger partial charge < -0.3 is 0 Å². The van der Waals surface area contributed by atoms with Crippen molar-refractivity contribution in [3.8, 4) is 0 Å². The molecule has 0 N–H and O–H groups in total. The van der Waals surface area contributed by atoms with Crippen molar-refractivity contribution in [2.24, 2.45) is 0 Å². The SMILES string of the molecule is Brc1cccc(Cn2cc[n+](Cc3cccc(Br)c3)c2)c1. The van der Waals surface area contributed by atoms with E-state index in [0.29, 0.717) is 0 Å². The molecule has 1 aromatic heterocycles. The molecular weight excluding hydrogens is 392 g/mol. The first-order valence-electron chi connectivity index (χ1n) is 6.73. The van der Waals surface area contributed by atoms with Gasteiger partial charge in [-0.3, -0.25) is 0 Å². The molecule has 0 unspecified atom stereocenters. The Morgan fingerprint density at radius 2 is 1.57 bits per heavy atom. The standard InChI is InChI=1S/C17H15Br2N2/c18-16-5-1-3-14(9-16)11-20-7-8-21(13-20)12-15-4-2-6-17(19)10-15/h1-10,13H,11-12H2/q+1. The van der Waals surface area contributed by atoms with E-state index in [2.05, 4.69) is 96.1 Å². The number of nitrogens with zero attached hydrogens (tertiary/aromatic N) is 2. The molecule has 0 saturated carbocycles. The van der Waals surface area contributed by atoms with Gasteiger partial charge in [-0.1, -0.05) is 56.1 Å². The largest absolute Gasteiger partial charge is 0.244 e. The van der Waals surface area contributed by atoms with Gasteiger partial charge in [0.05, 0.1) is 0 Å². The van der Waals surface area contributed by atoms with Gasteiger partial charge in [0.1, 0.15) is 25.5 Å². The van der Waals surface area contributed by atoms with Gasteiger partial charge in [0.25, 0.3) is 0 Å². The lowest BCUT2D eigenvalue weighted by Crippen LogP contribution is -2.31. The molecule has 106 valence electrons. The first-order chi connectivity index (χ1) is 10.2. The van der Waals surface area contributed by atoms with Crippen molar-refractivity contribution < 1.29 is 4.57 Å². The number of rotatable bonds is 4. The summed E-state index contributed by atoms with van der Waals surface area (Å²) >= 11 is 7.03. The van der Waals surface area contributed by atoms with Crippen LogP contribution in [0.5, 0.6) is 0 Å². The molecule has 0 aliphatic carbocycles. The van der Waals surface area contributed by atoms with Gasteiger partial charge in [-0.25, -0.2) is 9.13 Å². The number of halogens is 2. The van der Waals surface area contributed by atoms with Crippen molar-refractivity contribution in [2.75, 3.05) is 0 Å². The van der Waals surface area contributed by atoms with Gasteiger partial charge in [-0.05, 0) is 35.4 Å². The van der Waals surface area contributed by atoms with Crippen LogP contribution in [0, 0.1) is 0 Å². The van der Waals surface area contributed by atoms with Crippen LogP contribution in [0.1, 0.15) is 11.1 Å². The fourth-order valence-electron chi connectivity index (χ4n) is 2.32. The van der Waals surface area contributed by atoms with Crippen molar-refractivity contribution in [1.29, 1.82) is 0 Å². The number of hydrogen-bond acceptors (Lipinski definition) is 0. The van der Waals surface area contributed by atoms with Crippen molar-refractivity contribution in [3.63, 3.8) is 0 Å². The molecule has 2 nitrogen and oxygen atoms in total. The Balaban J connectivity index is 1.71. The van der Waals surface area contributed by atoms with E-state index in [-0.39, 0.29) is 0 Å². The van der Waals surface area contributed by atoms with Crippen LogP contribution in [0.15, 0.2) is 76.2 Å². The van der Waals surface area contributed by atoms with Crippen LogP contribution < -0.4 is 4.57 Å². The lowest BCUT2D eigenvalue weighted by molar-refractivity contribution is -0.687. The second kappa shape index (κ2) is 6.58. The number of hydrogen-bond donors (Lipinski definition) is 0. The predicted molar refractivity (Wildman–Crippen MR) is 91.1 cm³/mol. The van der Waals surface area contributed by atoms with E-state index in [0.717, 1.165) is 22.0 Å². The fraction of sp³-hybridized carbons (Fsp3) is 0.118. The van der Waals surface area contributed by atoms with Gasteiger partial charge in [0, 0.05) is 8.95 Å². The third kappa shape index (κ3) is 4.05. The maximum absolute atomic E-state index is 3.51. The summed E-state index contributed by atoms with van der Waals surface area (Å²) in [5, 5.41) is 0. The van der Waals surface area contributed by atoms with Crippen molar-refractivity contribution in [1.82, 2.24) is 4.57 Å². The van der Waals surface area contributed by atoms with Gasteiger partial charge in [-0.15, -0.1) is 0 Å². The summed E-state index contributed by atoms with van der Waals surface area (Å²) in [6.45, 7) is 1.76. The summed E-state index contributed by atoms with van der Waals surface area (Å²) in [6.07, 6.45) is 6.36. The van der Waals surface area contributed by atoms with Crippen LogP contribution >= 0.6 is 31.9 Å². The average molecular weight is 407 g/mol. The number of imidazole rings is 1. The van der Waals surface area contributed by atoms with Gasteiger partial charge in [-0.2, -0.15) is 0 Å². The zero-order chi connectivity index (χ0) is 14.7. The summed E-state index contributed by atoms with van der Waals surface area (Å²) in [4.78, 5) is 0. The normalized spacial score (nSPS) is 10.8. The van der Waals surface area contributed by atoms with Crippen LogP contribution in [0.3, 0.4) is 0 Å². The monoisotopic (exact) mass is 405 g/mol. The Bertz CT molecular complexity index is 688. The third-order valence-electron chi connectivity index (χ3n) is 3.25. The van der Waals surface area contributed by atoms with Crippen LogP contribution in [0.4, 0.5) is 0 Å². The molecule has 21 heavy (non-hydrogen) atoms. The minimum atomic E-state index is 0.880. The second-order valence-electron chi connectivity index (χ2n) is 5.02. The minimum Gasteiger partial charge on any atom is -0.233 e. The predicted octanol–water partition coefficient (Wildman–Crippen LogP) is 4.40. The summed E-state index contributed by atoms with van der Waals surface area (Å²) < 4.78 is 6.63. The van der Waals surface area contributed by atoms with Gasteiger partial charge in [0.15, 0.2) is 0 Å². The van der Waals surface area contributed by atoms with E-state index < -0.39 is 0 Å². The second-order valence-corrected chi connectivity index (χ2v) is 6.85. The quantitative estimate of drug-likeness (QED) is 0.568. The number of aromatic nitrogens is 2. The Morgan fingerprint density at radius 1 is 0.905 bits per heavy atom. The highest BCUT2D eigenvalue weighted by Gasteiger charge is 2.06. The van der Waals surface area contributed by atoms with E-state index in [9.17, 15) is 0 Å². The summed E-state index contributed by atoms with van der Waals surface area (Å²) in [7, 11) is 0. The lowest BCUT2D eigenvalue weighted by atomic mass is 10.2. The van der Waals surface area contributed by atoms with Crippen LogP contribution in [0.2, 0.25) is 0 Å². The van der Waals surface area contributed by atoms with Crippen molar-refractivity contribution in [2.45, 2.75) is 13.1 Å². The maximum Gasteiger partial charge on any atom is 0.244 e. The maximum atomic E-state index is 3.51. The van der Waals surface area contributed by atoms with Crippen LogP contribution in [0.25, 0.3) is 0 Å². The van der Waals surface area contributed by atoms with Crippen LogP contribution in [-0.4, -0.2) is 4.57 Å². The van der Waals surface area contributed by atoms with Gasteiger partial charge >= 0.3 is 0 Å². The molecular formula is C17H15Br2N2+. The Hall–Kier alpha value is -1.39. The molecule has 1 heterocycles. The Morgan fingerprint density at radius 3 is 2.29 bits per heavy atom. The smallest absolute Gasteiger partial charge is 0.233 e. The molecule has 0 aliphatic heterocycles. The van der Waals surface area contributed by atoms with E-state index in [4.69, 9.17) is 0 Å². The molecule has 0 saturated heterocycles. The van der Waals surface area contributed by atoms with Crippen molar-refractivity contribution >= 4 is 31.9 Å². The Labute approximate surface area is 141 Å². The van der Waals surface area contributed by atoms with Gasteiger partial charge in [0.2, 0.25) is 6.33 Å². The minimum absolute atomic E-state index is 0.880. The molecule has 0 radical (unpaired) electrons. The number of benzene rings is 2. The summed E-state index contributed by atoms with van der Waals surface area (Å²) in [5.41, 5.74) is 2.57. The van der Waals surface area contributed by atoms with E-state index in [1.54, 1.807) is 0 Å². The molecule has 2 aromatic carbocycles. The highest BCUT2D eigenvalue weighted by Crippen LogP contribution is 2.13. The first-order valence-corrected chi connectivity index (χ1v) is 8.31. The molecule has 0 fully saturated rings. The third-order valence-corrected chi connectivity index (χ3v) is 4.24. The zero-order valence-electron chi connectivity index (χ0n) is 11.4. The molecule has 3 aromatic rings. The lowest BCUT2D eigenvalue weighted by Gasteiger charge is -2.00. The highest BCUT2D eigenvalue weighted by molar-refractivity contribution is 9.10. The van der Waals surface area contributed by atoms with E-state index in [1.807, 2.05) is 12.1 Å². The zero-order valence-corrected chi connectivity index (χ0v) is 14.6. The molecule has 0 amide bonds. The van der Waals surface area contributed by atoms with E-state index >= 15 is 0 Å². The molecule has 0 bridgehead atoms. The molecule has 0 atom stereocenters.